The molecule has 0 atom stereocenters. The molecule has 2 heterocycles. The van der Waals surface area contributed by atoms with Crippen molar-refractivity contribution in [3.8, 4) is 0 Å². The van der Waals surface area contributed by atoms with Crippen LogP contribution < -0.4 is 5.32 Å². The Balaban J connectivity index is 2.55. The van der Waals surface area contributed by atoms with Crippen molar-refractivity contribution in [1.82, 2.24) is 24.6 Å². The maximum Gasteiger partial charge on any atom is 0.227 e. The van der Waals surface area contributed by atoms with Crippen molar-refractivity contribution in [3.05, 3.63) is 11.5 Å². The maximum absolute atomic E-state index is 12.0. The summed E-state index contributed by atoms with van der Waals surface area (Å²) >= 11 is 5.99. The van der Waals surface area contributed by atoms with Crippen LogP contribution in [0.1, 0.15) is 25.4 Å². The van der Waals surface area contributed by atoms with Gasteiger partial charge in [-0.2, -0.15) is 5.10 Å². The van der Waals surface area contributed by atoms with Gasteiger partial charge in [0.1, 0.15) is 11.3 Å². The molecular weight excluding hydrogens is 278 g/mol. The Morgan fingerprint density at radius 1 is 1.45 bits per heavy atom. The fourth-order valence-electron chi connectivity index (χ4n) is 2.45. The third kappa shape index (κ3) is 2.28. The van der Waals surface area contributed by atoms with E-state index >= 15 is 0 Å². The summed E-state index contributed by atoms with van der Waals surface area (Å²) in [6.07, 6.45) is 0. The molecule has 0 aliphatic rings. The van der Waals surface area contributed by atoms with E-state index in [4.69, 9.17) is 11.6 Å². The second kappa shape index (κ2) is 5.09. The molecule has 2 aromatic rings. The number of fused-ring (bicyclic) bond motifs is 1. The number of halogens is 1. The number of hydrogen-bond acceptors (Lipinski definition) is 3. The molecule has 0 saturated heterocycles. The van der Waals surface area contributed by atoms with Gasteiger partial charge in [-0.1, -0.05) is 0 Å². The largest absolute Gasteiger partial charge is 0.359 e. The SMILES string of the molecule is CNC(=O)C(C)(C)Cn1c(CCl)nc2c(C)nn(C)c21. The molecule has 0 saturated carbocycles. The van der Waals surface area contributed by atoms with Crippen molar-refractivity contribution < 1.29 is 4.79 Å². The van der Waals surface area contributed by atoms with E-state index in [9.17, 15) is 4.79 Å². The predicted octanol–water partition coefficient (Wildman–Crippen LogP) is 1.59. The van der Waals surface area contributed by atoms with Gasteiger partial charge < -0.3 is 9.88 Å². The molecule has 0 fully saturated rings. The third-order valence-corrected chi connectivity index (χ3v) is 3.72. The first-order valence-corrected chi connectivity index (χ1v) is 7.02. The molecular formula is C13H20ClN5O. The molecule has 0 unspecified atom stereocenters. The number of amides is 1. The monoisotopic (exact) mass is 297 g/mol. The van der Waals surface area contributed by atoms with Crippen molar-refractivity contribution >= 4 is 28.7 Å². The fourth-order valence-corrected chi connectivity index (χ4v) is 2.66. The lowest BCUT2D eigenvalue weighted by molar-refractivity contribution is -0.129. The van der Waals surface area contributed by atoms with E-state index < -0.39 is 5.41 Å². The highest BCUT2D eigenvalue weighted by Crippen LogP contribution is 2.26. The van der Waals surface area contributed by atoms with Crippen molar-refractivity contribution in [2.75, 3.05) is 7.05 Å². The van der Waals surface area contributed by atoms with E-state index in [-0.39, 0.29) is 5.91 Å². The number of rotatable bonds is 4. The molecule has 110 valence electrons. The standard InChI is InChI=1S/C13H20ClN5O/c1-8-10-11(18(5)17-8)19(9(6-14)16-10)7-13(2,3)12(20)15-4/h6-7H2,1-5H3,(H,15,20). The summed E-state index contributed by atoms with van der Waals surface area (Å²) in [5.74, 6) is 1.05. The lowest BCUT2D eigenvalue weighted by atomic mass is 9.92. The average Bonchev–Trinajstić information content (AvgIpc) is 2.87. The van der Waals surface area contributed by atoms with Gasteiger partial charge in [-0.05, 0) is 20.8 Å². The molecule has 0 bridgehead atoms. The highest BCUT2D eigenvalue weighted by Gasteiger charge is 2.30. The molecule has 6 nitrogen and oxygen atoms in total. The maximum atomic E-state index is 12.0. The highest BCUT2D eigenvalue weighted by atomic mass is 35.5. The Labute approximate surface area is 123 Å². The van der Waals surface area contributed by atoms with E-state index in [1.54, 1.807) is 11.7 Å². The third-order valence-electron chi connectivity index (χ3n) is 3.48. The average molecular weight is 298 g/mol. The molecule has 0 aromatic carbocycles. The number of alkyl halides is 1. The van der Waals surface area contributed by atoms with Gasteiger partial charge in [0.05, 0.1) is 17.0 Å². The van der Waals surface area contributed by atoms with E-state index in [0.29, 0.717) is 12.4 Å². The Bertz CT molecular complexity index is 655. The van der Waals surface area contributed by atoms with Gasteiger partial charge >= 0.3 is 0 Å². The normalized spacial score (nSPS) is 12.1. The summed E-state index contributed by atoms with van der Waals surface area (Å²) in [5, 5.41) is 7.07. The molecule has 1 amide bonds. The number of aromatic nitrogens is 4. The molecule has 0 radical (unpaired) electrons. The smallest absolute Gasteiger partial charge is 0.227 e. The van der Waals surface area contributed by atoms with Crippen molar-refractivity contribution in [3.63, 3.8) is 0 Å². The number of nitrogens with zero attached hydrogens (tertiary/aromatic N) is 4. The van der Waals surface area contributed by atoms with E-state index in [1.807, 2.05) is 32.4 Å². The van der Waals surface area contributed by atoms with Gasteiger partial charge in [0.25, 0.3) is 0 Å². The summed E-state index contributed by atoms with van der Waals surface area (Å²) in [6, 6.07) is 0. The molecule has 20 heavy (non-hydrogen) atoms. The molecule has 0 aliphatic carbocycles. The zero-order chi connectivity index (χ0) is 15.1. The van der Waals surface area contributed by atoms with Gasteiger partial charge in [-0.3, -0.25) is 9.48 Å². The summed E-state index contributed by atoms with van der Waals surface area (Å²) in [4.78, 5) is 16.5. The molecule has 2 rings (SSSR count). The van der Waals surface area contributed by atoms with Crippen LogP contribution in [-0.2, 0) is 24.3 Å². The first kappa shape index (κ1) is 14.8. The van der Waals surface area contributed by atoms with Crippen LogP contribution in [-0.4, -0.2) is 32.3 Å². The zero-order valence-electron chi connectivity index (χ0n) is 12.5. The zero-order valence-corrected chi connectivity index (χ0v) is 13.2. The quantitative estimate of drug-likeness (QED) is 0.872. The minimum absolute atomic E-state index is 0.0150. The van der Waals surface area contributed by atoms with Crippen molar-refractivity contribution in [2.24, 2.45) is 12.5 Å². The lowest BCUT2D eigenvalue weighted by Gasteiger charge is -2.24. The first-order chi connectivity index (χ1) is 9.31. The highest BCUT2D eigenvalue weighted by molar-refractivity contribution is 6.16. The van der Waals surface area contributed by atoms with Gasteiger partial charge in [0.2, 0.25) is 5.91 Å². The second-order valence-corrected chi connectivity index (χ2v) is 5.86. The minimum Gasteiger partial charge on any atom is -0.359 e. The number of aryl methyl sites for hydroxylation is 2. The molecule has 7 heteroatoms. The Morgan fingerprint density at radius 3 is 2.65 bits per heavy atom. The van der Waals surface area contributed by atoms with Crippen molar-refractivity contribution in [1.29, 1.82) is 0 Å². The van der Waals surface area contributed by atoms with Gasteiger partial charge in [0, 0.05) is 20.6 Å². The fraction of sp³-hybridized carbons (Fsp3) is 0.615. The Morgan fingerprint density at radius 2 is 2.10 bits per heavy atom. The minimum atomic E-state index is -0.554. The number of carbonyl (C=O) groups excluding carboxylic acids is 1. The van der Waals surface area contributed by atoms with Gasteiger partial charge in [-0.15, -0.1) is 11.6 Å². The van der Waals surface area contributed by atoms with Crippen LogP contribution in [0, 0.1) is 12.3 Å². The van der Waals surface area contributed by atoms with E-state index in [0.717, 1.165) is 22.7 Å². The predicted molar refractivity (Wildman–Crippen MR) is 78.6 cm³/mol. The summed E-state index contributed by atoms with van der Waals surface area (Å²) in [7, 11) is 3.52. The van der Waals surface area contributed by atoms with Crippen LogP contribution in [0.5, 0.6) is 0 Å². The number of carbonyl (C=O) groups is 1. The number of nitrogens with one attached hydrogen (secondary N) is 1. The van der Waals surface area contributed by atoms with Crippen LogP contribution in [0.3, 0.4) is 0 Å². The molecule has 0 aliphatic heterocycles. The van der Waals surface area contributed by atoms with Gasteiger partial charge in [0.15, 0.2) is 5.65 Å². The summed E-state index contributed by atoms with van der Waals surface area (Å²) in [6.45, 7) is 6.23. The second-order valence-electron chi connectivity index (χ2n) is 5.59. The van der Waals surface area contributed by atoms with Crippen molar-refractivity contribution in [2.45, 2.75) is 33.2 Å². The first-order valence-electron chi connectivity index (χ1n) is 6.48. The Hall–Kier alpha value is -1.56. The van der Waals surface area contributed by atoms with Crippen LogP contribution >= 0.6 is 11.6 Å². The summed E-state index contributed by atoms with van der Waals surface area (Å²) < 4.78 is 3.77. The molecule has 1 N–H and O–H groups in total. The van der Waals surface area contributed by atoms with E-state index in [1.165, 1.54) is 0 Å². The van der Waals surface area contributed by atoms with Crippen LogP contribution in [0.25, 0.3) is 11.2 Å². The van der Waals surface area contributed by atoms with Gasteiger partial charge in [-0.25, -0.2) is 4.98 Å². The number of imidazole rings is 1. The molecule has 2 aromatic heterocycles. The number of hydrogen-bond donors (Lipinski definition) is 1. The Kier molecular flexibility index (Phi) is 3.77. The topological polar surface area (TPSA) is 64.7 Å². The lowest BCUT2D eigenvalue weighted by Crippen LogP contribution is -2.38. The van der Waals surface area contributed by atoms with Crippen LogP contribution in [0.4, 0.5) is 0 Å². The van der Waals surface area contributed by atoms with Crippen LogP contribution in [0.2, 0.25) is 0 Å². The summed E-state index contributed by atoms with van der Waals surface area (Å²) in [5.41, 5.74) is 2.05. The van der Waals surface area contributed by atoms with E-state index in [2.05, 4.69) is 15.4 Å². The molecule has 0 spiro atoms. The van der Waals surface area contributed by atoms with Crippen LogP contribution in [0.15, 0.2) is 0 Å².